The second-order valence-corrected chi connectivity index (χ2v) is 4.49. The minimum absolute atomic E-state index is 0.0265. The molecule has 1 aromatic rings. The predicted octanol–water partition coefficient (Wildman–Crippen LogP) is 1.83. The Hall–Kier alpha value is -1.36. The largest absolute Gasteiger partial charge is 0.364 e. The van der Waals surface area contributed by atoms with Gasteiger partial charge in [0.25, 0.3) is 0 Å². The van der Waals surface area contributed by atoms with Crippen molar-refractivity contribution in [1.29, 1.82) is 0 Å². The Morgan fingerprint density at radius 2 is 2.24 bits per heavy atom. The van der Waals surface area contributed by atoms with Gasteiger partial charge in [-0.3, -0.25) is 9.59 Å². The number of halogens is 1. The molecule has 0 saturated heterocycles. The van der Waals surface area contributed by atoms with E-state index in [1.54, 1.807) is 12.1 Å². The zero-order chi connectivity index (χ0) is 12.8. The highest BCUT2D eigenvalue weighted by Crippen LogP contribution is 2.25. The molecule has 0 aromatic heterocycles. The van der Waals surface area contributed by atoms with Crippen LogP contribution in [0.15, 0.2) is 22.7 Å². The van der Waals surface area contributed by atoms with E-state index >= 15 is 0 Å². The molecule has 1 rings (SSSR count). The van der Waals surface area contributed by atoms with Gasteiger partial charge in [0.1, 0.15) is 6.29 Å². The van der Waals surface area contributed by atoms with E-state index in [9.17, 15) is 9.59 Å². The third-order valence-corrected chi connectivity index (χ3v) is 2.91. The number of hydrogen-bond donors (Lipinski definition) is 1. The van der Waals surface area contributed by atoms with Crippen LogP contribution in [-0.2, 0) is 4.79 Å². The van der Waals surface area contributed by atoms with Crippen LogP contribution in [0.25, 0.3) is 0 Å². The number of carbonyl (C=O) groups is 2. The summed E-state index contributed by atoms with van der Waals surface area (Å²) in [5.74, 6) is -0.0265. The smallest absolute Gasteiger partial charge is 0.239 e. The normalized spacial score (nSPS) is 9.82. The quantitative estimate of drug-likeness (QED) is 0.844. The summed E-state index contributed by atoms with van der Waals surface area (Å²) in [5, 5.41) is 2.74. The monoisotopic (exact) mass is 298 g/mol. The first-order valence-electron chi connectivity index (χ1n) is 5.31. The van der Waals surface area contributed by atoms with Gasteiger partial charge < -0.3 is 10.2 Å². The van der Waals surface area contributed by atoms with Crippen molar-refractivity contribution >= 4 is 33.8 Å². The van der Waals surface area contributed by atoms with Gasteiger partial charge in [0.05, 0.1) is 12.2 Å². The molecule has 0 unspecified atom stereocenters. The molecule has 1 amide bonds. The van der Waals surface area contributed by atoms with Crippen molar-refractivity contribution in [1.82, 2.24) is 5.32 Å². The zero-order valence-electron chi connectivity index (χ0n) is 9.87. The summed E-state index contributed by atoms with van der Waals surface area (Å²) in [7, 11) is 1.83. The van der Waals surface area contributed by atoms with Crippen molar-refractivity contribution in [2.75, 3.05) is 25.0 Å². The van der Waals surface area contributed by atoms with Crippen molar-refractivity contribution in [3.63, 3.8) is 0 Å². The van der Waals surface area contributed by atoms with E-state index in [4.69, 9.17) is 0 Å². The first kappa shape index (κ1) is 13.7. The van der Waals surface area contributed by atoms with Crippen LogP contribution >= 0.6 is 15.9 Å². The molecule has 92 valence electrons. The van der Waals surface area contributed by atoms with Crippen LogP contribution in [0.2, 0.25) is 0 Å². The van der Waals surface area contributed by atoms with E-state index in [1.165, 1.54) is 0 Å². The van der Waals surface area contributed by atoms with Crippen molar-refractivity contribution in [3.8, 4) is 0 Å². The Morgan fingerprint density at radius 3 is 2.76 bits per heavy atom. The highest BCUT2D eigenvalue weighted by molar-refractivity contribution is 9.10. The van der Waals surface area contributed by atoms with Gasteiger partial charge >= 0.3 is 0 Å². The number of aldehydes is 1. The molecule has 0 fully saturated rings. The van der Waals surface area contributed by atoms with Crippen LogP contribution in [0.3, 0.4) is 0 Å². The van der Waals surface area contributed by atoms with Gasteiger partial charge in [-0.1, -0.05) is 0 Å². The highest BCUT2D eigenvalue weighted by atomic mass is 79.9. The highest BCUT2D eigenvalue weighted by Gasteiger charge is 2.09. The molecule has 0 bridgehead atoms. The number of likely N-dealkylation sites (N-methyl/N-ethyl adjacent to an activating group) is 2. The predicted molar refractivity (Wildman–Crippen MR) is 71.5 cm³/mol. The van der Waals surface area contributed by atoms with Crippen LogP contribution in [-0.4, -0.2) is 32.3 Å². The molecule has 0 spiro atoms. The summed E-state index contributed by atoms with van der Waals surface area (Å²) >= 11 is 3.39. The first-order valence-corrected chi connectivity index (χ1v) is 6.10. The lowest BCUT2D eigenvalue weighted by molar-refractivity contribution is -0.119. The van der Waals surface area contributed by atoms with Gasteiger partial charge in [-0.15, -0.1) is 0 Å². The topological polar surface area (TPSA) is 49.4 Å². The molecule has 1 N–H and O–H groups in total. The van der Waals surface area contributed by atoms with E-state index in [2.05, 4.69) is 21.2 Å². The van der Waals surface area contributed by atoms with Crippen LogP contribution in [0.1, 0.15) is 17.3 Å². The molecule has 5 heteroatoms. The molecular formula is C12H15BrN2O2. The third kappa shape index (κ3) is 3.85. The summed E-state index contributed by atoms with van der Waals surface area (Å²) in [6.45, 7) is 2.79. The van der Waals surface area contributed by atoms with Crippen molar-refractivity contribution in [3.05, 3.63) is 28.2 Å². The van der Waals surface area contributed by atoms with E-state index in [1.807, 2.05) is 24.9 Å². The number of anilines is 1. The number of carbonyl (C=O) groups excluding carboxylic acids is 2. The molecule has 4 nitrogen and oxygen atoms in total. The minimum Gasteiger partial charge on any atom is -0.364 e. The molecule has 0 aliphatic heterocycles. The minimum atomic E-state index is -0.0265. The molecule has 0 aliphatic rings. The number of rotatable bonds is 5. The molecule has 0 heterocycles. The second kappa shape index (κ2) is 6.39. The maximum absolute atomic E-state index is 11.4. The molecule has 0 saturated carbocycles. The Labute approximate surface area is 109 Å². The van der Waals surface area contributed by atoms with Crippen LogP contribution in [0, 0.1) is 0 Å². The van der Waals surface area contributed by atoms with Gasteiger partial charge in [0.15, 0.2) is 0 Å². The van der Waals surface area contributed by atoms with Gasteiger partial charge in [-0.2, -0.15) is 0 Å². The Balaban J connectivity index is 2.78. The lowest BCUT2D eigenvalue weighted by Crippen LogP contribution is -2.35. The van der Waals surface area contributed by atoms with Crippen molar-refractivity contribution in [2.24, 2.45) is 0 Å². The summed E-state index contributed by atoms with van der Waals surface area (Å²) in [4.78, 5) is 23.9. The molecule has 0 atom stereocenters. The number of nitrogens with one attached hydrogen (secondary N) is 1. The third-order valence-electron chi connectivity index (χ3n) is 2.27. The van der Waals surface area contributed by atoms with Crippen molar-refractivity contribution < 1.29 is 9.59 Å². The summed E-state index contributed by atoms with van der Waals surface area (Å²) in [6.07, 6.45) is 0.790. The van der Waals surface area contributed by atoms with E-state index in [0.717, 1.165) is 16.4 Å². The zero-order valence-corrected chi connectivity index (χ0v) is 11.5. The van der Waals surface area contributed by atoms with Crippen LogP contribution < -0.4 is 10.2 Å². The molecule has 0 radical (unpaired) electrons. The summed E-state index contributed by atoms with van der Waals surface area (Å²) < 4.78 is 0.800. The van der Waals surface area contributed by atoms with Crippen LogP contribution in [0.5, 0.6) is 0 Å². The van der Waals surface area contributed by atoms with Gasteiger partial charge in [0, 0.05) is 23.6 Å². The standard InChI is InChI=1S/C12H15BrN2O2/c1-3-14-12(17)7-15(2)11-5-4-9(8-16)6-10(11)13/h4-6,8H,3,7H2,1-2H3,(H,14,17). The number of hydrogen-bond acceptors (Lipinski definition) is 3. The molecular weight excluding hydrogens is 284 g/mol. The Bertz CT molecular complexity index is 421. The molecule has 0 aliphatic carbocycles. The molecule has 17 heavy (non-hydrogen) atoms. The van der Waals surface area contributed by atoms with Gasteiger partial charge in [-0.05, 0) is 41.1 Å². The van der Waals surface area contributed by atoms with Crippen LogP contribution in [0.4, 0.5) is 5.69 Å². The first-order chi connectivity index (χ1) is 8.08. The van der Waals surface area contributed by atoms with E-state index in [0.29, 0.717) is 12.1 Å². The van der Waals surface area contributed by atoms with E-state index in [-0.39, 0.29) is 12.5 Å². The molecule has 1 aromatic carbocycles. The summed E-state index contributed by atoms with van der Waals surface area (Å²) in [6, 6.07) is 5.27. The number of benzene rings is 1. The van der Waals surface area contributed by atoms with Gasteiger partial charge in [-0.25, -0.2) is 0 Å². The fraction of sp³-hybridized carbons (Fsp3) is 0.333. The lowest BCUT2D eigenvalue weighted by atomic mass is 10.2. The maximum Gasteiger partial charge on any atom is 0.239 e. The van der Waals surface area contributed by atoms with E-state index < -0.39 is 0 Å². The Morgan fingerprint density at radius 1 is 1.53 bits per heavy atom. The fourth-order valence-electron chi connectivity index (χ4n) is 1.46. The lowest BCUT2D eigenvalue weighted by Gasteiger charge is -2.20. The second-order valence-electron chi connectivity index (χ2n) is 3.64. The summed E-state index contributed by atoms with van der Waals surface area (Å²) in [5.41, 5.74) is 1.48. The average molecular weight is 299 g/mol. The maximum atomic E-state index is 11.4. The fourth-order valence-corrected chi connectivity index (χ4v) is 2.16. The number of nitrogens with zero attached hydrogens (tertiary/aromatic N) is 1. The Kier molecular flexibility index (Phi) is 5.15. The average Bonchev–Trinajstić information content (AvgIpc) is 2.28. The number of amides is 1. The van der Waals surface area contributed by atoms with Crippen molar-refractivity contribution in [2.45, 2.75) is 6.92 Å². The SMILES string of the molecule is CCNC(=O)CN(C)c1ccc(C=O)cc1Br. The van der Waals surface area contributed by atoms with Gasteiger partial charge in [0.2, 0.25) is 5.91 Å².